The number of rotatable bonds is 2. The summed E-state index contributed by atoms with van der Waals surface area (Å²) in [6, 6.07) is 5.87. The van der Waals surface area contributed by atoms with Gasteiger partial charge in [-0.2, -0.15) is 5.10 Å². The van der Waals surface area contributed by atoms with Crippen LogP contribution in [-0.2, 0) is 6.54 Å². The molecule has 2 N–H and O–H groups in total. The van der Waals surface area contributed by atoms with E-state index in [0.29, 0.717) is 6.54 Å². The second kappa shape index (κ2) is 4.37. The van der Waals surface area contributed by atoms with Crippen molar-refractivity contribution in [2.45, 2.75) is 6.54 Å². The lowest BCUT2D eigenvalue weighted by Gasteiger charge is -2.05. The van der Waals surface area contributed by atoms with E-state index in [1.807, 2.05) is 29.1 Å². The third-order valence-electron chi connectivity index (χ3n) is 2.04. The fourth-order valence-corrected chi connectivity index (χ4v) is 2.02. The summed E-state index contributed by atoms with van der Waals surface area (Å²) in [5.74, 6) is 0. The van der Waals surface area contributed by atoms with Crippen molar-refractivity contribution < 1.29 is 0 Å². The van der Waals surface area contributed by atoms with E-state index in [4.69, 9.17) is 5.73 Å². The highest BCUT2D eigenvalue weighted by atomic mass is 79.9. The molecule has 1 heterocycles. The Bertz CT molecular complexity index is 479. The number of nitrogen functional groups attached to an aromatic ring is 1. The van der Waals surface area contributed by atoms with Gasteiger partial charge in [0.2, 0.25) is 0 Å². The van der Waals surface area contributed by atoms with Crippen LogP contribution in [0.15, 0.2) is 39.5 Å². The first-order valence-electron chi connectivity index (χ1n) is 4.37. The zero-order valence-corrected chi connectivity index (χ0v) is 11.0. The molecule has 78 valence electrons. The van der Waals surface area contributed by atoms with Gasteiger partial charge < -0.3 is 5.73 Å². The van der Waals surface area contributed by atoms with Crippen molar-refractivity contribution in [1.82, 2.24) is 9.78 Å². The molecule has 5 heteroatoms. The number of anilines is 1. The summed E-state index contributed by atoms with van der Waals surface area (Å²) < 4.78 is 3.80. The summed E-state index contributed by atoms with van der Waals surface area (Å²) in [5, 5.41) is 4.18. The molecule has 0 saturated heterocycles. The van der Waals surface area contributed by atoms with Crippen LogP contribution >= 0.6 is 31.9 Å². The SMILES string of the molecule is Nc1cc(Br)ccc1Cn1cc(Br)cn1. The number of halogens is 2. The average molecular weight is 331 g/mol. The van der Waals surface area contributed by atoms with Crippen LogP contribution in [0.2, 0.25) is 0 Å². The zero-order valence-electron chi connectivity index (χ0n) is 7.82. The van der Waals surface area contributed by atoms with Crippen molar-refractivity contribution in [2.75, 3.05) is 5.73 Å². The molecule has 2 rings (SSSR count). The highest BCUT2D eigenvalue weighted by Gasteiger charge is 2.02. The Labute approximate surface area is 105 Å². The Kier molecular flexibility index (Phi) is 3.11. The molecule has 0 fully saturated rings. The normalized spacial score (nSPS) is 10.5. The molecule has 0 aliphatic heterocycles. The standard InChI is InChI=1S/C10H9Br2N3/c11-8-2-1-7(10(13)3-8)5-15-6-9(12)4-14-15/h1-4,6H,5,13H2. The first-order chi connectivity index (χ1) is 7.15. The lowest BCUT2D eigenvalue weighted by molar-refractivity contribution is 0.688. The van der Waals surface area contributed by atoms with Gasteiger partial charge in [0.25, 0.3) is 0 Å². The third kappa shape index (κ3) is 2.60. The predicted molar refractivity (Wildman–Crippen MR) is 67.6 cm³/mol. The minimum Gasteiger partial charge on any atom is -0.398 e. The largest absolute Gasteiger partial charge is 0.398 e. The summed E-state index contributed by atoms with van der Waals surface area (Å²) in [6.07, 6.45) is 3.68. The second-order valence-corrected chi connectivity index (χ2v) is 5.03. The second-order valence-electron chi connectivity index (χ2n) is 3.20. The van der Waals surface area contributed by atoms with Crippen molar-refractivity contribution in [3.63, 3.8) is 0 Å². The van der Waals surface area contributed by atoms with E-state index < -0.39 is 0 Å². The lowest BCUT2D eigenvalue weighted by atomic mass is 10.2. The molecule has 0 aliphatic rings. The number of nitrogens with zero attached hydrogens (tertiary/aromatic N) is 2. The van der Waals surface area contributed by atoms with E-state index in [-0.39, 0.29) is 0 Å². The molecule has 0 atom stereocenters. The zero-order chi connectivity index (χ0) is 10.8. The van der Waals surface area contributed by atoms with Gasteiger partial charge in [0.1, 0.15) is 0 Å². The maximum Gasteiger partial charge on any atom is 0.0679 e. The maximum absolute atomic E-state index is 5.89. The van der Waals surface area contributed by atoms with Gasteiger partial charge >= 0.3 is 0 Å². The summed E-state index contributed by atoms with van der Waals surface area (Å²) in [5.41, 5.74) is 7.73. The minimum absolute atomic E-state index is 0.685. The lowest BCUT2D eigenvalue weighted by Crippen LogP contribution is -2.03. The quantitative estimate of drug-likeness (QED) is 0.860. The van der Waals surface area contributed by atoms with Gasteiger partial charge in [-0.05, 0) is 33.6 Å². The van der Waals surface area contributed by atoms with Crippen molar-refractivity contribution in [2.24, 2.45) is 0 Å². The Morgan fingerprint density at radius 2 is 2.07 bits per heavy atom. The topological polar surface area (TPSA) is 43.8 Å². The first kappa shape index (κ1) is 10.7. The molecule has 0 amide bonds. The van der Waals surface area contributed by atoms with Gasteiger partial charge in [-0.15, -0.1) is 0 Å². The van der Waals surface area contributed by atoms with Crippen LogP contribution in [0, 0.1) is 0 Å². The minimum atomic E-state index is 0.685. The van der Waals surface area contributed by atoms with E-state index >= 15 is 0 Å². The average Bonchev–Trinajstić information content (AvgIpc) is 2.56. The predicted octanol–water partition coefficient (Wildman–Crippen LogP) is 3.04. The molecule has 3 nitrogen and oxygen atoms in total. The van der Waals surface area contributed by atoms with Crippen LogP contribution in [0.3, 0.4) is 0 Å². The van der Waals surface area contributed by atoms with Gasteiger partial charge in [0.15, 0.2) is 0 Å². The number of aromatic nitrogens is 2. The number of nitrogens with two attached hydrogens (primary N) is 1. The molecule has 0 unspecified atom stereocenters. The highest BCUT2D eigenvalue weighted by molar-refractivity contribution is 9.10. The van der Waals surface area contributed by atoms with Gasteiger partial charge in [0, 0.05) is 16.4 Å². The van der Waals surface area contributed by atoms with E-state index in [9.17, 15) is 0 Å². The highest BCUT2D eigenvalue weighted by Crippen LogP contribution is 2.19. The van der Waals surface area contributed by atoms with Crippen LogP contribution in [0.5, 0.6) is 0 Å². The molecular formula is C10H9Br2N3. The smallest absolute Gasteiger partial charge is 0.0679 e. The Balaban J connectivity index is 2.24. The summed E-state index contributed by atoms with van der Waals surface area (Å²) in [4.78, 5) is 0. The fraction of sp³-hybridized carbons (Fsp3) is 0.100. The molecule has 0 spiro atoms. The maximum atomic E-state index is 5.89. The molecule has 1 aromatic carbocycles. The van der Waals surface area contributed by atoms with Crippen molar-refractivity contribution in [1.29, 1.82) is 0 Å². The monoisotopic (exact) mass is 329 g/mol. The summed E-state index contributed by atoms with van der Waals surface area (Å²) in [6.45, 7) is 0.685. The number of hydrogen-bond acceptors (Lipinski definition) is 2. The first-order valence-corrected chi connectivity index (χ1v) is 5.95. The Hall–Kier alpha value is -0.810. The van der Waals surface area contributed by atoms with Crippen LogP contribution in [0.1, 0.15) is 5.56 Å². The number of benzene rings is 1. The summed E-state index contributed by atoms with van der Waals surface area (Å²) in [7, 11) is 0. The Morgan fingerprint density at radius 1 is 1.27 bits per heavy atom. The van der Waals surface area contributed by atoms with Crippen LogP contribution in [0.25, 0.3) is 0 Å². The molecule has 15 heavy (non-hydrogen) atoms. The van der Waals surface area contributed by atoms with Crippen LogP contribution < -0.4 is 5.73 Å². The van der Waals surface area contributed by atoms with Gasteiger partial charge in [-0.3, -0.25) is 4.68 Å². The summed E-state index contributed by atoms with van der Waals surface area (Å²) >= 11 is 6.73. The van der Waals surface area contributed by atoms with Gasteiger partial charge in [-0.1, -0.05) is 22.0 Å². The molecular weight excluding hydrogens is 322 g/mol. The fourth-order valence-electron chi connectivity index (χ4n) is 1.31. The molecule has 0 aliphatic carbocycles. The van der Waals surface area contributed by atoms with Crippen molar-refractivity contribution >= 4 is 37.5 Å². The van der Waals surface area contributed by atoms with Crippen LogP contribution in [0.4, 0.5) is 5.69 Å². The molecule has 1 aromatic heterocycles. The van der Waals surface area contributed by atoms with Gasteiger partial charge in [-0.25, -0.2) is 0 Å². The third-order valence-corrected chi connectivity index (χ3v) is 2.94. The van der Waals surface area contributed by atoms with Crippen molar-refractivity contribution in [3.8, 4) is 0 Å². The van der Waals surface area contributed by atoms with Gasteiger partial charge in [0.05, 0.1) is 17.2 Å². The van der Waals surface area contributed by atoms with Crippen molar-refractivity contribution in [3.05, 3.63) is 45.1 Å². The van der Waals surface area contributed by atoms with E-state index in [2.05, 4.69) is 37.0 Å². The molecule has 2 aromatic rings. The van der Waals surface area contributed by atoms with Crippen LogP contribution in [-0.4, -0.2) is 9.78 Å². The van der Waals surface area contributed by atoms with E-state index in [0.717, 1.165) is 20.2 Å². The van der Waals surface area contributed by atoms with E-state index in [1.165, 1.54) is 0 Å². The van der Waals surface area contributed by atoms with E-state index in [1.54, 1.807) is 6.20 Å². The molecule has 0 saturated carbocycles. The number of hydrogen-bond donors (Lipinski definition) is 1. The molecule has 0 radical (unpaired) electrons. The molecule has 0 bridgehead atoms. The Morgan fingerprint density at radius 3 is 2.67 bits per heavy atom.